The van der Waals surface area contributed by atoms with Gasteiger partial charge in [0.2, 0.25) is 11.8 Å². The normalized spacial score (nSPS) is 13.6. The Morgan fingerprint density at radius 3 is 2.15 bits per heavy atom. The second kappa shape index (κ2) is 9.40. The molecule has 0 saturated heterocycles. The molecule has 0 aliphatic heterocycles. The van der Waals surface area contributed by atoms with Gasteiger partial charge in [-0.05, 0) is 36.0 Å². The van der Waals surface area contributed by atoms with Crippen LogP contribution in [-0.2, 0) is 20.8 Å². The molecule has 0 unspecified atom stereocenters. The maximum atomic E-state index is 13.3. The minimum absolute atomic E-state index is 0.00210. The highest BCUT2D eigenvalue weighted by Crippen LogP contribution is 2.21. The van der Waals surface area contributed by atoms with E-state index in [0.717, 1.165) is 24.6 Å². The highest BCUT2D eigenvalue weighted by Gasteiger charge is 2.24. The first-order chi connectivity index (χ1) is 12.0. The van der Waals surface area contributed by atoms with Crippen molar-refractivity contribution in [2.24, 2.45) is 5.41 Å². The van der Waals surface area contributed by atoms with Gasteiger partial charge in [-0.2, -0.15) is 0 Å². The van der Waals surface area contributed by atoms with Gasteiger partial charge in [-0.15, -0.1) is 0 Å². The van der Waals surface area contributed by atoms with Crippen molar-refractivity contribution in [3.05, 3.63) is 35.4 Å². The topological polar surface area (TPSA) is 75.3 Å². The van der Waals surface area contributed by atoms with Gasteiger partial charge in [0, 0.05) is 19.4 Å². The van der Waals surface area contributed by atoms with Gasteiger partial charge in [-0.3, -0.25) is 9.59 Å². The van der Waals surface area contributed by atoms with Crippen LogP contribution in [-0.4, -0.2) is 30.2 Å². The van der Waals surface area contributed by atoms with Crippen molar-refractivity contribution in [3.63, 3.8) is 0 Å². The Bertz CT molecular complexity index is 636. The van der Waals surface area contributed by atoms with Gasteiger partial charge in [0.15, 0.2) is 0 Å². The van der Waals surface area contributed by atoms with Crippen molar-refractivity contribution in [1.82, 2.24) is 10.6 Å². The lowest BCUT2D eigenvalue weighted by atomic mass is 9.89. The molecule has 2 amide bonds. The predicted octanol–water partition coefficient (Wildman–Crippen LogP) is 2.52. The van der Waals surface area contributed by atoms with Gasteiger partial charge in [-0.1, -0.05) is 20.8 Å². The van der Waals surface area contributed by atoms with E-state index >= 15 is 0 Å². The van der Waals surface area contributed by atoms with Crippen molar-refractivity contribution in [1.29, 1.82) is 0 Å². The van der Waals surface area contributed by atoms with Crippen molar-refractivity contribution in [2.45, 2.75) is 59.0 Å². The third kappa shape index (κ3) is 8.18. The van der Waals surface area contributed by atoms with E-state index in [1.165, 1.54) is 6.92 Å². The van der Waals surface area contributed by atoms with Crippen LogP contribution in [0.5, 0.6) is 0 Å². The number of carbonyl (C=O) groups is 3. The fourth-order valence-corrected chi connectivity index (χ4v) is 2.47. The minimum atomic E-state index is -1.04. The number of aldehydes is 1. The molecule has 5 nitrogen and oxygen atoms in total. The molecule has 0 heterocycles. The maximum absolute atomic E-state index is 13.3. The molecule has 7 heteroatoms. The predicted molar refractivity (Wildman–Crippen MR) is 94.4 cm³/mol. The molecule has 0 aromatic heterocycles. The Morgan fingerprint density at radius 2 is 1.69 bits per heavy atom. The van der Waals surface area contributed by atoms with E-state index in [9.17, 15) is 23.2 Å². The number of benzene rings is 1. The summed E-state index contributed by atoms with van der Waals surface area (Å²) in [6.07, 6.45) is 1.73. The molecule has 0 saturated carbocycles. The average Bonchev–Trinajstić information content (AvgIpc) is 2.48. The first-order valence-corrected chi connectivity index (χ1v) is 8.48. The molecule has 1 rings (SSSR count). The number of rotatable bonds is 8. The minimum Gasteiger partial charge on any atom is -0.345 e. The van der Waals surface area contributed by atoms with E-state index < -0.39 is 35.5 Å². The first-order valence-electron chi connectivity index (χ1n) is 8.48. The zero-order chi connectivity index (χ0) is 19.9. The summed E-state index contributed by atoms with van der Waals surface area (Å²) < 4.78 is 26.7. The van der Waals surface area contributed by atoms with E-state index in [-0.39, 0.29) is 17.4 Å². The molecular weight excluding hydrogens is 342 g/mol. The van der Waals surface area contributed by atoms with E-state index in [0.29, 0.717) is 12.7 Å². The fourth-order valence-electron chi connectivity index (χ4n) is 2.47. The van der Waals surface area contributed by atoms with E-state index in [4.69, 9.17) is 0 Å². The third-order valence-corrected chi connectivity index (χ3v) is 3.75. The molecule has 0 fully saturated rings. The van der Waals surface area contributed by atoms with Crippen LogP contribution >= 0.6 is 0 Å². The molecule has 2 atom stereocenters. The number of hydrogen-bond donors (Lipinski definition) is 2. The summed E-state index contributed by atoms with van der Waals surface area (Å²) in [5.74, 6) is -2.56. The van der Waals surface area contributed by atoms with Gasteiger partial charge in [-0.25, -0.2) is 8.78 Å². The Labute approximate surface area is 152 Å². The largest absolute Gasteiger partial charge is 0.345 e. The molecule has 0 spiro atoms. The Balaban J connectivity index is 2.84. The third-order valence-electron chi connectivity index (χ3n) is 3.75. The highest BCUT2D eigenvalue weighted by atomic mass is 19.1. The summed E-state index contributed by atoms with van der Waals surface area (Å²) in [5, 5.41) is 5.04. The van der Waals surface area contributed by atoms with E-state index in [1.807, 2.05) is 20.8 Å². The fraction of sp³-hybridized carbons (Fsp3) is 0.526. The van der Waals surface area contributed by atoms with Crippen LogP contribution in [0.1, 0.15) is 46.1 Å². The van der Waals surface area contributed by atoms with E-state index in [1.54, 1.807) is 0 Å². The van der Waals surface area contributed by atoms with Crippen molar-refractivity contribution in [2.75, 3.05) is 0 Å². The standard InChI is InChI=1S/C19H26F2N2O3/c1-12(25)22-17(9-13-7-14(20)10-15(21)8-13)18(26)23-16(11-24)5-6-19(2,3)4/h7-8,10-11,16-17H,5-6,9H2,1-4H3,(H,22,25)(H,23,26)/t16-,17-/m0/s1. The lowest BCUT2D eigenvalue weighted by Gasteiger charge is -2.23. The van der Waals surface area contributed by atoms with Crippen LogP contribution in [0.3, 0.4) is 0 Å². The Hall–Kier alpha value is -2.31. The average molecular weight is 368 g/mol. The number of nitrogens with one attached hydrogen (secondary N) is 2. The first kappa shape index (κ1) is 21.7. The second-order valence-corrected chi connectivity index (χ2v) is 7.59. The monoisotopic (exact) mass is 368 g/mol. The zero-order valence-electron chi connectivity index (χ0n) is 15.6. The van der Waals surface area contributed by atoms with Crippen LogP contribution < -0.4 is 10.6 Å². The maximum Gasteiger partial charge on any atom is 0.243 e. The zero-order valence-corrected chi connectivity index (χ0v) is 15.6. The van der Waals surface area contributed by atoms with Gasteiger partial charge in [0.05, 0.1) is 6.04 Å². The molecule has 0 bridgehead atoms. The number of carbonyl (C=O) groups excluding carboxylic acids is 3. The number of hydrogen-bond acceptors (Lipinski definition) is 3. The molecule has 0 aliphatic rings. The smallest absolute Gasteiger partial charge is 0.243 e. The summed E-state index contributed by atoms with van der Waals surface area (Å²) in [4.78, 5) is 35.1. The number of halogens is 2. The molecule has 1 aromatic rings. The molecular formula is C19H26F2N2O3. The molecule has 2 N–H and O–H groups in total. The SMILES string of the molecule is CC(=O)N[C@@H](Cc1cc(F)cc(F)c1)C(=O)N[C@H](C=O)CCC(C)(C)C. The van der Waals surface area contributed by atoms with Gasteiger partial charge < -0.3 is 15.4 Å². The molecule has 0 aliphatic carbocycles. The Kier molecular flexibility index (Phi) is 7.86. The molecule has 0 radical (unpaired) electrons. The van der Waals surface area contributed by atoms with Crippen LogP contribution in [0, 0.1) is 17.0 Å². The molecule has 1 aromatic carbocycles. The lowest BCUT2D eigenvalue weighted by Crippen LogP contribution is -2.50. The number of amides is 2. The van der Waals surface area contributed by atoms with Crippen molar-refractivity contribution in [3.8, 4) is 0 Å². The Morgan fingerprint density at radius 1 is 1.12 bits per heavy atom. The van der Waals surface area contributed by atoms with E-state index in [2.05, 4.69) is 10.6 Å². The van der Waals surface area contributed by atoms with Crippen LogP contribution in [0.25, 0.3) is 0 Å². The molecule has 144 valence electrons. The summed E-state index contributed by atoms with van der Waals surface area (Å²) in [6.45, 7) is 7.31. The van der Waals surface area contributed by atoms with Crippen molar-refractivity contribution >= 4 is 18.1 Å². The van der Waals surface area contributed by atoms with Crippen LogP contribution in [0.4, 0.5) is 8.78 Å². The second-order valence-electron chi connectivity index (χ2n) is 7.59. The summed E-state index contributed by atoms with van der Waals surface area (Å²) in [6, 6.07) is 1.20. The van der Waals surface area contributed by atoms with Crippen LogP contribution in [0.2, 0.25) is 0 Å². The molecule has 26 heavy (non-hydrogen) atoms. The van der Waals surface area contributed by atoms with Crippen molar-refractivity contribution < 1.29 is 23.2 Å². The van der Waals surface area contributed by atoms with Crippen LogP contribution in [0.15, 0.2) is 18.2 Å². The summed E-state index contributed by atoms with van der Waals surface area (Å²) in [5.41, 5.74) is 0.232. The van der Waals surface area contributed by atoms with Gasteiger partial charge >= 0.3 is 0 Å². The quantitative estimate of drug-likeness (QED) is 0.693. The highest BCUT2D eigenvalue weighted by molar-refractivity contribution is 5.88. The summed E-state index contributed by atoms with van der Waals surface area (Å²) in [7, 11) is 0. The van der Waals surface area contributed by atoms with Gasteiger partial charge in [0.25, 0.3) is 0 Å². The lowest BCUT2D eigenvalue weighted by molar-refractivity contribution is -0.129. The van der Waals surface area contributed by atoms with Gasteiger partial charge in [0.1, 0.15) is 24.0 Å². The summed E-state index contributed by atoms with van der Waals surface area (Å²) >= 11 is 0.